The van der Waals surface area contributed by atoms with E-state index in [1.54, 1.807) is 24.3 Å². The van der Waals surface area contributed by atoms with Gasteiger partial charge in [0.05, 0.1) is 18.4 Å². The highest BCUT2D eigenvalue weighted by Gasteiger charge is 2.08. The van der Waals surface area contributed by atoms with E-state index in [2.05, 4.69) is 24.9 Å². The first-order valence-corrected chi connectivity index (χ1v) is 5.80. The van der Waals surface area contributed by atoms with Crippen LogP contribution >= 0.6 is 0 Å². The second-order valence-corrected chi connectivity index (χ2v) is 3.94. The maximum Gasteiger partial charge on any atom is 0.337 e. The fourth-order valence-electron chi connectivity index (χ4n) is 1.50. The van der Waals surface area contributed by atoms with E-state index < -0.39 is 5.97 Å². The summed E-state index contributed by atoms with van der Waals surface area (Å²) in [5, 5.41) is 7.84. The molecule has 0 atom stereocenters. The lowest BCUT2D eigenvalue weighted by atomic mass is 10.2. The minimum absolute atomic E-state index is 0.0358. The highest BCUT2D eigenvalue weighted by atomic mass is 16.5. The first-order chi connectivity index (χ1) is 10.0. The Kier molecular flexibility index (Phi) is 3.93. The molecule has 6 N–H and O–H groups in total. The summed E-state index contributed by atoms with van der Waals surface area (Å²) in [7, 11) is 1.31. The summed E-state index contributed by atoms with van der Waals surface area (Å²) < 4.78 is 4.59. The number of esters is 1. The SMILES string of the molecule is COC(=O)c1ccc(N=Nc2c(N)nc(N)nc2N)cc1. The number of hydrogen-bond acceptors (Lipinski definition) is 9. The quantitative estimate of drug-likeness (QED) is 0.569. The number of nitrogens with zero attached hydrogens (tertiary/aromatic N) is 4. The van der Waals surface area contributed by atoms with E-state index in [4.69, 9.17) is 17.2 Å². The van der Waals surface area contributed by atoms with Crippen molar-refractivity contribution in [2.24, 2.45) is 10.2 Å². The van der Waals surface area contributed by atoms with Gasteiger partial charge in [-0.15, -0.1) is 5.11 Å². The summed E-state index contributed by atoms with van der Waals surface area (Å²) in [6.07, 6.45) is 0. The molecule has 9 nitrogen and oxygen atoms in total. The summed E-state index contributed by atoms with van der Waals surface area (Å²) in [5.74, 6) is -0.393. The van der Waals surface area contributed by atoms with Crippen LogP contribution in [-0.2, 0) is 4.74 Å². The second kappa shape index (κ2) is 5.82. The Balaban J connectivity index is 2.24. The number of hydrogen-bond donors (Lipinski definition) is 3. The van der Waals surface area contributed by atoms with E-state index in [0.29, 0.717) is 11.3 Å². The van der Waals surface area contributed by atoms with Crippen molar-refractivity contribution in [3.63, 3.8) is 0 Å². The number of nitrogens with two attached hydrogens (primary N) is 3. The van der Waals surface area contributed by atoms with Crippen molar-refractivity contribution in [2.45, 2.75) is 0 Å². The fourth-order valence-corrected chi connectivity index (χ4v) is 1.50. The topological polar surface area (TPSA) is 155 Å². The molecule has 0 fully saturated rings. The molecule has 0 radical (unpaired) electrons. The average molecular weight is 287 g/mol. The maximum atomic E-state index is 11.3. The summed E-state index contributed by atoms with van der Waals surface area (Å²) in [6.45, 7) is 0. The third-order valence-electron chi connectivity index (χ3n) is 2.51. The predicted octanol–water partition coefficient (Wildman–Crippen LogP) is 1.43. The van der Waals surface area contributed by atoms with Crippen molar-refractivity contribution in [2.75, 3.05) is 24.3 Å². The van der Waals surface area contributed by atoms with Crippen molar-refractivity contribution >= 4 is 34.9 Å². The van der Waals surface area contributed by atoms with Crippen molar-refractivity contribution < 1.29 is 9.53 Å². The number of anilines is 3. The number of benzene rings is 1. The van der Waals surface area contributed by atoms with Crippen LogP contribution in [0.4, 0.5) is 29.0 Å². The molecular formula is C12H13N7O2. The smallest absolute Gasteiger partial charge is 0.337 e. The van der Waals surface area contributed by atoms with Crippen LogP contribution < -0.4 is 17.2 Å². The van der Waals surface area contributed by atoms with Gasteiger partial charge in [-0.3, -0.25) is 0 Å². The van der Waals surface area contributed by atoms with Gasteiger partial charge in [0.25, 0.3) is 0 Å². The summed E-state index contributed by atoms with van der Waals surface area (Å²) >= 11 is 0. The molecule has 1 heterocycles. The van der Waals surface area contributed by atoms with Gasteiger partial charge in [-0.2, -0.15) is 15.1 Å². The summed E-state index contributed by atoms with van der Waals surface area (Å²) in [5.41, 5.74) is 17.7. The Labute approximate surface area is 119 Å². The number of nitrogen functional groups attached to an aromatic ring is 3. The number of ether oxygens (including phenoxy) is 1. The fraction of sp³-hybridized carbons (Fsp3) is 0.0833. The highest BCUT2D eigenvalue weighted by molar-refractivity contribution is 5.89. The summed E-state index contributed by atoms with van der Waals surface area (Å²) in [6, 6.07) is 6.32. The molecule has 0 unspecified atom stereocenters. The molecular weight excluding hydrogens is 274 g/mol. The molecule has 108 valence electrons. The lowest BCUT2D eigenvalue weighted by Gasteiger charge is -2.02. The number of azo groups is 1. The molecule has 0 amide bonds. The van der Waals surface area contributed by atoms with E-state index in [9.17, 15) is 4.79 Å². The molecule has 2 rings (SSSR count). The Morgan fingerprint density at radius 3 is 2.14 bits per heavy atom. The van der Waals surface area contributed by atoms with E-state index in [1.807, 2.05) is 0 Å². The third kappa shape index (κ3) is 3.21. The van der Waals surface area contributed by atoms with Gasteiger partial charge in [0, 0.05) is 0 Å². The molecule has 1 aromatic heterocycles. The van der Waals surface area contributed by atoms with Crippen LogP contribution in [0.5, 0.6) is 0 Å². The van der Waals surface area contributed by atoms with Gasteiger partial charge in [0.2, 0.25) is 5.95 Å². The van der Waals surface area contributed by atoms with Crippen LogP contribution in [-0.4, -0.2) is 23.0 Å². The monoisotopic (exact) mass is 287 g/mol. The Hall–Kier alpha value is -3.23. The van der Waals surface area contributed by atoms with Gasteiger partial charge >= 0.3 is 5.97 Å². The number of rotatable bonds is 3. The minimum Gasteiger partial charge on any atom is -0.465 e. The lowest BCUT2D eigenvalue weighted by Crippen LogP contribution is -2.03. The van der Waals surface area contributed by atoms with Gasteiger partial charge in [-0.1, -0.05) is 0 Å². The number of methoxy groups -OCH3 is 1. The van der Waals surface area contributed by atoms with Gasteiger partial charge < -0.3 is 21.9 Å². The molecule has 2 aromatic rings. The highest BCUT2D eigenvalue weighted by Crippen LogP contribution is 2.28. The van der Waals surface area contributed by atoms with Gasteiger partial charge in [-0.05, 0) is 24.3 Å². The van der Waals surface area contributed by atoms with Crippen LogP contribution in [0, 0.1) is 0 Å². The molecule has 1 aromatic carbocycles. The number of aromatic nitrogens is 2. The Bertz CT molecular complexity index is 674. The van der Waals surface area contributed by atoms with Gasteiger partial charge in [0.1, 0.15) is 0 Å². The van der Waals surface area contributed by atoms with Crippen LogP contribution in [0.25, 0.3) is 0 Å². The predicted molar refractivity (Wildman–Crippen MR) is 77.2 cm³/mol. The standard InChI is InChI=1S/C12H13N7O2/c1-21-11(20)6-2-4-7(5-3-6)18-19-8-9(13)16-12(15)17-10(8)14/h2-5H,1H3,(H6,13,14,15,16,17). The number of carbonyl (C=O) groups excluding carboxylic acids is 1. The molecule has 0 aliphatic rings. The first-order valence-electron chi connectivity index (χ1n) is 5.80. The Morgan fingerprint density at radius 1 is 1.05 bits per heavy atom. The van der Waals surface area contributed by atoms with Crippen molar-refractivity contribution in [1.29, 1.82) is 0 Å². The van der Waals surface area contributed by atoms with E-state index >= 15 is 0 Å². The average Bonchev–Trinajstić information content (AvgIpc) is 2.46. The minimum atomic E-state index is -0.432. The van der Waals surface area contributed by atoms with Gasteiger partial charge in [0.15, 0.2) is 17.3 Å². The van der Waals surface area contributed by atoms with Crippen LogP contribution in [0.3, 0.4) is 0 Å². The summed E-state index contributed by atoms with van der Waals surface area (Å²) in [4.78, 5) is 18.8. The zero-order valence-corrected chi connectivity index (χ0v) is 11.1. The zero-order valence-electron chi connectivity index (χ0n) is 11.1. The van der Waals surface area contributed by atoms with Crippen molar-refractivity contribution in [1.82, 2.24) is 9.97 Å². The number of carbonyl (C=O) groups is 1. The third-order valence-corrected chi connectivity index (χ3v) is 2.51. The molecule has 21 heavy (non-hydrogen) atoms. The maximum absolute atomic E-state index is 11.3. The van der Waals surface area contributed by atoms with Crippen LogP contribution in [0.2, 0.25) is 0 Å². The normalized spacial score (nSPS) is 10.7. The zero-order chi connectivity index (χ0) is 15.4. The first kappa shape index (κ1) is 14.2. The Morgan fingerprint density at radius 2 is 1.62 bits per heavy atom. The van der Waals surface area contributed by atoms with E-state index in [-0.39, 0.29) is 23.3 Å². The van der Waals surface area contributed by atoms with E-state index in [0.717, 1.165) is 0 Å². The molecule has 0 saturated carbocycles. The van der Waals surface area contributed by atoms with Crippen molar-refractivity contribution in [3.05, 3.63) is 29.8 Å². The second-order valence-electron chi connectivity index (χ2n) is 3.94. The van der Waals surface area contributed by atoms with Gasteiger partial charge in [-0.25, -0.2) is 4.79 Å². The lowest BCUT2D eigenvalue weighted by molar-refractivity contribution is 0.0601. The molecule has 0 bridgehead atoms. The molecule has 0 spiro atoms. The van der Waals surface area contributed by atoms with Crippen molar-refractivity contribution in [3.8, 4) is 0 Å². The van der Waals surface area contributed by atoms with Crippen LogP contribution in [0.1, 0.15) is 10.4 Å². The van der Waals surface area contributed by atoms with Crippen LogP contribution in [0.15, 0.2) is 34.5 Å². The molecule has 0 saturated heterocycles. The molecule has 9 heteroatoms. The largest absolute Gasteiger partial charge is 0.465 e. The van der Waals surface area contributed by atoms with E-state index in [1.165, 1.54) is 7.11 Å². The molecule has 0 aliphatic carbocycles. The molecule has 0 aliphatic heterocycles.